The number of carbonyl (C=O) groups excluding carboxylic acids is 1. The van der Waals surface area contributed by atoms with Gasteiger partial charge in [0.2, 0.25) is 0 Å². The molecule has 7 heteroatoms. The van der Waals surface area contributed by atoms with Gasteiger partial charge in [0.1, 0.15) is 0 Å². The van der Waals surface area contributed by atoms with Crippen molar-refractivity contribution in [2.45, 2.75) is 6.42 Å². The Morgan fingerprint density at radius 3 is 2.80 bits per heavy atom. The van der Waals surface area contributed by atoms with Crippen LogP contribution in [0.3, 0.4) is 0 Å². The highest BCUT2D eigenvalue weighted by Gasteiger charge is 2.32. The zero-order valence-corrected chi connectivity index (χ0v) is 11.2. The highest BCUT2D eigenvalue weighted by Crippen LogP contribution is 2.25. The average Bonchev–Trinajstić information content (AvgIpc) is 2.35. The number of likely N-dealkylation sites (tertiary alicyclic amines) is 1. The van der Waals surface area contributed by atoms with Gasteiger partial charge in [-0.05, 0) is 18.2 Å². The predicted octanol–water partition coefficient (Wildman–Crippen LogP) is 2.15. The largest absolute Gasteiger partial charge is 0.481 e. The molecule has 6 nitrogen and oxygen atoms in total. The molecule has 104 valence electrons. The first kappa shape index (κ1) is 14.2. The van der Waals surface area contributed by atoms with Gasteiger partial charge in [0.25, 0.3) is 0 Å². The molecule has 1 aromatic carbocycles. The lowest BCUT2D eigenvalue weighted by Gasteiger charge is -2.38. The van der Waals surface area contributed by atoms with Crippen molar-refractivity contribution >= 4 is 29.3 Å². The van der Waals surface area contributed by atoms with Crippen LogP contribution in [0.15, 0.2) is 18.2 Å². The van der Waals surface area contributed by atoms with Crippen molar-refractivity contribution in [2.75, 3.05) is 18.4 Å². The molecule has 0 aromatic heterocycles. The average molecular weight is 294 g/mol. The van der Waals surface area contributed by atoms with Crippen LogP contribution in [-0.4, -0.2) is 35.1 Å². The smallest absolute Gasteiger partial charge is 0.321 e. The van der Waals surface area contributed by atoms with E-state index >= 15 is 0 Å². The summed E-state index contributed by atoms with van der Waals surface area (Å²) >= 11 is 5.94. The van der Waals surface area contributed by atoms with Gasteiger partial charge in [0, 0.05) is 19.0 Å². The maximum Gasteiger partial charge on any atom is 0.321 e. The third-order valence-electron chi connectivity index (χ3n) is 3.04. The monoisotopic (exact) mass is 293 g/mol. The van der Waals surface area contributed by atoms with E-state index < -0.39 is 5.97 Å². The van der Waals surface area contributed by atoms with Crippen LogP contribution >= 0.6 is 11.6 Å². The Morgan fingerprint density at radius 2 is 2.20 bits per heavy atom. The Hall–Kier alpha value is -2.26. The van der Waals surface area contributed by atoms with E-state index in [0.717, 1.165) is 0 Å². The summed E-state index contributed by atoms with van der Waals surface area (Å²) < 4.78 is 0. The molecule has 0 bridgehead atoms. The number of hydrogen-bond donors (Lipinski definition) is 2. The molecule has 1 aromatic rings. The zero-order chi connectivity index (χ0) is 14.7. The Balaban J connectivity index is 1.93. The van der Waals surface area contributed by atoms with Crippen molar-refractivity contribution in [3.8, 4) is 6.07 Å². The normalized spacial score (nSPS) is 14.3. The van der Waals surface area contributed by atoms with Crippen molar-refractivity contribution < 1.29 is 14.7 Å². The molecule has 2 rings (SSSR count). The zero-order valence-electron chi connectivity index (χ0n) is 10.5. The van der Waals surface area contributed by atoms with Gasteiger partial charge in [-0.15, -0.1) is 0 Å². The topological polar surface area (TPSA) is 93.4 Å². The van der Waals surface area contributed by atoms with Crippen LogP contribution in [0.4, 0.5) is 10.5 Å². The molecule has 1 heterocycles. The van der Waals surface area contributed by atoms with E-state index in [4.69, 9.17) is 22.0 Å². The number of amides is 2. The third-order valence-corrected chi connectivity index (χ3v) is 3.37. The number of nitrogens with zero attached hydrogens (tertiary/aromatic N) is 2. The molecule has 1 saturated heterocycles. The standard InChI is InChI=1S/C13H12ClN3O3/c14-10-2-1-8(5-15)3-11(10)16-13(20)17-6-9(7-17)4-12(18)19/h1-3,9H,4,6-7H2,(H,16,20)(H,18,19). The lowest BCUT2D eigenvalue weighted by atomic mass is 9.97. The van der Waals surface area contributed by atoms with Crippen LogP contribution in [0.2, 0.25) is 5.02 Å². The SMILES string of the molecule is N#Cc1ccc(Cl)c(NC(=O)N2CC(CC(=O)O)C2)c1. The van der Waals surface area contributed by atoms with E-state index in [2.05, 4.69) is 5.32 Å². The first-order valence-corrected chi connectivity index (χ1v) is 6.34. The molecule has 0 aliphatic carbocycles. The molecule has 1 aliphatic heterocycles. The van der Waals surface area contributed by atoms with Gasteiger partial charge in [0.15, 0.2) is 0 Å². The van der Waals surface area contributed by atoms with E-state index in [9.17, 15) is 9.59 Å². The Bertz CT molecular complexity index is 591. The van der Waals surface area contributed by atoms with Crippen LogP contribution in [0.5, 0.6) is 0 Å². The summed E-state index contributed by atoms with van der Waals surface area (Å²) in [4.78, 5) is 23.9. The molecule has 0 spiro atoms. The summed E-state index contributed by atoms with van der Waals surface area (Å²) in [5, 5.41) is 20.4. The molecule has 0 atom stereocenters. The summed E-state index contributed by atoms with van der Waals surface area (Å²) in [5.41, 5.74) is 0.773. The minimum absolute atomic E-state index is 0.000773. The number of nitrogens with one attached hydrogen (secondary N) is 1. The minimum atomic E-state index is -0.861. The summed E-state index contributed by atoms with van der Waals surface area (Å²) in [6.45, 7) is 0.821. The molecular formula is C13H12ClN3O3. The van der Waals surface area contributed by atoms with Crippen molar-refractivity contribution in [1.29, 1.82) is 5.26 Å². The van der Waals surface area contributed by atoms with Gasteiger partial charge >= 0.3 is 12.0 Å². The number of urea groups is 1. The van der Waals surface area contributed by atoms with Crippen molar-refractivity contribution in [1.82, 2.24) is 4.90 Å². The second-order valence-corrected chi connectivity index (χ2v) is 5.01. The highest BCUT2D eigenvalue weighted by atomic mass is 35.5. The van der Waals surface area contributed by atoms with Crippen LogP contribution in [0.25, 0.3) is 0 Å². The number of benzene rings is 1. The summed E-state index contributed by atoms with van der Waals surface area (Å²) in [6.07, 6.45) is 0.0639. The van der Waals surface area contributed by atoms with Crippen molar-refractivity contribution in [3.05, 3.63) is 28.8 Å². The Labute approximate surface area is 120 Å². The van der Waals surface area contributed by atoms with Crippen molar-refractivity contribution in [2.24, 2.45) is 5.92 Å². The molecule has 0 saturated carbocycles. The summed E-state index contributed by atoms with van der Waals surface area (Å²) in [6, 6.07) is 6.22. The number of rotatable bonds is 3. The fourth-order valence-corrected chi connectivity index (χ4v) is 2.16. The summed E-state index contributed by atoms with van der Waals surface area (Å²) in [7, 11) is 0. The second kappa shape index (κ2) is 5.80. The van der Waals surface area contributed by atoms with Gasteiger partial charge < -0.3 is 15.3 Å². The first-order chi connectivity index (χ1) is 9.49. The van der Waals surface area contributed by atoms with E-state index in [-0.39, 0.29) is 18.4 Å². The van der Waals surface area contributed by atoms with Gasteiger partial charge in [-0.3, -0.25) is 4.79 Å². The van der Waals surface area contributed by atoms with E-state index in [0.29, 0.717) is 29.4 Å². The molecule has 0 radical (unpaired) electrons. The van der Waals surface area contributed by atoms with Gasteiger partial charge in [-0.1, -0.05) is 11.6 Å². The lowest BCUT2D eigenvalue weighted by Crippen LogP contribution is -2.52. The molecule has 2 amide bonds. The van der Waals surface area contributed by atoms with Crippen molar-refractivity contribution in [3.63, 3.8) is 0 Å². The molecule has 1 fully saturated rings. The van der Waals surface area contributed by atoms with Crippen LogP contribution < -0.4 is 5.32 Å². The number of carboxylic acid groups (broad SMARTS) is 1. The Kier molecular flexibility index (Phi) is 4.11. The fraction of sp³-hybridized carbons (Fsp3) is 0.308. The van der Waals surface area contributed by atoms with Gasteiger partial charge in [0.05, 0.1) is 28.8 Å². The number of halogens is 1. The minimum Gasteiger partial charge on any atom is -0.481 e. The number of carbonyl (C=O) groups is 2. The Morgan fingerprint density at radius 1 is 1.50 bits per heavy atom. The van der Waals surface area contributed by atoms with Gasteiger partial charge in [-0.2, -0.15) is 5.26 Å². The van der Waals surface area contributed by atoms with Gasteiger partial charge in [-0.25, -0.2) is 4.79 Å². The number of carboxylic acids is 1. The maximum absolute atomic E-state index is 11.9. The predicted molar refractivity (Wildman–Crippen MR) is 72.5 cm³/mol. The molecular weight excluding hydrogens is 282 g/mol. The van der Waals surface area contributed by atoms with Crippen LogP contribution in [0.1, 0.15) is 12.0 Å². The summed E-state index contributed by atoms with van der Waals surface area (Å²) in [5.74, 6) is -0.862. The number of anilines is 1. The third kappa shape index (κ3) is 3.19. The maximum atomic E-state index is 11.9. The first-order valence-electron chi connectivity index (χ1n) is 5.97. The fourth-order valence-electron chi connectivity index (χ4n) is 2.00. The molecule has 1 aliphatic rings. The molecule has 0 unspecified atom stereocenters. The number of nitriles is 1. The number of aliphatic carboxylic acids is 1. The van der Waals surface area contributed by atoms with E-state index in [1.54, 1.807) is 12.1 Å². The van der Waals surface area contributed by atoms with E-state index in [1.165, 1.54) is 11.0 Å². The lowest BCUT2D eigenvalue weighted by molar-refractivity contribution is -0.139. The second-order valence-electron chi connectivity index (χ2n) is 4.61. The molecule has 20 heavy (non-hydrogen) atoms. The molecule has 2 N–H and O–H groups in total. The quantitative estimate of drug-likeness (QED) is 0.893. The van der Waals surface area contributed by atoms with Crippen LogP contribution in [-0.2, 0) is 4.79 Å². The van der Waals surface area contributed by atoms with E-state index in [1.807, 2.05) is 6.07 Å². The highest BCUT2D eigenvalue weighted by molar-refractivity contribution is 6.33. The van der Waals surface area contributed by atoms with Crippen LogP contribution in [0, 0.1) is 17.2 Å². The number of hydrogen-bond acceptors (Lipinski definition) is 3.